The Bertz CT molecular complexity index is 865. The molecule has 158 valence electrons. The quantitative estimate of drug-likeness (QED) is 0.682. The number of pyridine rings is 1. The van der Waals surface area contributed by atoms with Crippen molar-refractivity contribution in [2.75, 3.05) is 42.1 Å². The lowest BCUT2D eigenvalue weighted by atomic mass is 10.0. The summed E-state index contributed by atoms with van der Waals surface area (Å²) in [5, 5.41) is 12.3. The van der Waals surface area contributed by atoms with Gasteiger partial charge in [-0.3, -0.25) is 9.52 Å². The van der Waals surface area contributed by atoms with Gasteiger partial charge in [0, 0.05) is 25.6 Å². The molecule has 1 aromatic rings. The van der Waals surface area contributed by atoms with Crippen LogP contribution in [-0.2, 0) is 14.8 Å². The number of hydrogen-bond donors (Lipinski definition) is 2. The first-order valence-corrected chi connectivity index (χ1v) is 11.4. The molecule has 1 aromatic heterocycles. The Hall–Kier alpha value is -2.45. The minimum absolute atomic E-state index is 0.00691. The maximum atomic E-state index is 13.5. The van der Waals surface area contributed by atoms with Crippen molar-refractivity contribution in [1.29, 1.82) is 5.26 Å². The van der Waals surface area contributed by atoms with Crippen LogP contribution in [0.4, 0.5) is 15.9 Å². The molecule has 2 aliphatic rings. The largest absolute Gasteiger partial charge is 0.357 e. The molecule has 2 N–H and O–H groups in total. The van der Waals surface area contributed by atoms with Crippen LogP contribution < -0.4 is 14.9 Å². The molecule has 2 fully saturated rings. The number of rotatable bonds is 6. The summed E-state index contributed by atoms with van der Waals surface area (Å²) < 4.78 is 38.3. The van der Waals surface area contributed by atoms with Gasteiger partial charge in [0.2, 0.25) is 15.9 Å². The van der Waals surface area contributed by atoms with Gasteiger partial charge >= 0.3 is 0 Å². The molecule has 29 heavy (non-hydrogen) atoms. The molecule has 0 radical (unpaired) electrons. The number of likely N-dealkylation sites (tertiary alicyclic amines) is 1. The number of sulfonamides is 1. The number of carbonyl (C=O) groups excluding carboxylic acids is 1. The maximum Gasteiger partial charge on any atom is 0.237 e. The molecule has 0 spiro atoms. The van der Waals surface area contributed by atoms with Crippen molar-refractivity contribution in [3.05, 3.63) is 18.3 Å². The average molecular weight is 425 g/mol. The van der Waals surface area contributed by atoms with E-state index in [9.17, 15) is 17.6 Å². The fourth-order valence-corrected chi connectivity index (χ4v) is 4.23. The number of anilines is 2. The topological polar surface area (TPSA) is 118 Å². The van der Waals surface area contributed by atoms with Crippen molar-refractivity contribution in [1.82, 2.24) is 15.2 Å². The summed E-state index contributed by atoms with van der Waals surface area (Å²) in [4.78, 5) is 20.0. The molecule has 0 saturated carbocycles. The van der Waals surface area contributed by atoms with E-state index in [1.54, 1.807) is 12.1 Å². The van der Waals surface area contributed by atoms with Crippen molar-refractivity contribution < 1.29 is 17.6 Å². The van der Waals surface area contributed by atoms with Crippen molar-refractivity contribution in [3.8, 4) is 6.07 Å². The van der Waals surface area contributed by atoms with E-state index in [0.29, 0.717) is 5.69 Å². The van der Waals surface area contributed by atoms with Crippen molar-refractivity contribution in [2.45, 2.75) is 37.5 Å². The normalized spacial score (nSPS) is 23.1. The molecule has 3 rings (SSSR count). The number of amides is 1. The third-order valence-electron chi connectivity index (χ3n) is 5.13. The molecular weight excluding hydrogens is 399 g/mol. The molecule has 0 aromatic carbocycles. The Morgan fingerprint density at radius 2 is 2.10 bits per heavy atom. The van der Waals surface area contributed by atoms with E-state index < -0.39 is 22.2 Å². The highest BCUT2D eigenvalue weighted by Gasteiger charge is 2.35. The van der Waals surface area contributed by atoms with Crippen LogP contribution in [0.15, 0.2) is 18.3 Å². The van der Waals surface area contributed by atoms with Gasteiger partial charge in [0.1, 0.15) is 18.0 Å². The van der Waals surface area contributed by atoms with Gasteiger partial charge < -0.3 is 15.1 Å². The Morgan fingerprint density at radius 3 is 2.69 bits per heavy atom. The Morgan fingerprint density at radius 1 is 1.38 bits per heavy atom. The summed E-state index contributed by atoms with van der Waals surface area (Å²) in [5.74, 6) is 0.524. The van der Waals surface area contributed by atoms with E-state index in [2.05, 4.69) is 19.9 Å². The van der Waals surface area contributed by atoms with Gasteiger partial charge in [-0.15, -0.1) is 0 Å². The van der Waals surface area contributed by atoms with Gasteiger partial charge in [-0.05, 0) is 25.0 Å². The fraction of sp³-hybridized carbons (Fsp3) is 0.611. The lowest BCUT2D eigenvalue weighted by Crippen LogP contribution is -2.47. The molecule has 2 atom stereocenters. The first kappa shape index (κ1) is 21.3. The van der Waals surface area contributed by atoms with Crippen LogP contribution in [0.3, 0.4) is 0 Å². The van der Waals surface area contributed by atoms with Crippen LogP contribution >= 0.6 is 0 Å². The molecule has 0 aliphatic carbocycles. The van der Waals surface area contributed by atoms with Crippen molar-refractivity contribution >= 4 is 27.4 Å². The minimum Gasteiger partial charge on any atom is -0.357 e. The number of hydrogen-bond acceptors (Lipinski definition) is 7. The summed E-state index contributed by atoms with van der Waals surface area (Å²) in [6.07, 6.45) is 3.16. The molecule has 9 nitrogen and oxygen atoms in total. The number of nitrogens with one attached hydrogen (secondary N) is 2. The van der Waals surface area contributed by atoms with E-state index in [-0.39, 0.29) is 31.5 Å². The van der Waals surface area contributed by atoms with E-state index in [0.717, 1.165) is 38.0 Å². The van der Waals surface area contributed by atoms with E-state index >= 15 is 0 Å². The SMILES string of the molecule is CS(=O)(=O)Nc1ccc(N2CCC(NCC(=O)N3C[C@@H](F)C[C@H]3C#N)CC2)nc1. The summed E-state index contributed by atoms with van der Waals surface area (Å²) in [5.41, 5.74) is 0.416. The second-order valence-electron chi connectivity index (χ2n) is 7.45. The Labute approximate surface area is 169 Å². The number of nitrogens with zero attached hydrogens (tertiary/aromatic N) is 4. The molecule has 11 heteroatoms. The number of halogens is 1. The lowest BCUT2D eigenvalue weighted by Gasteiger charge is -2.33. The zero-order valence-corrected chi connectivity index (χ0v) is 17.0. The van der Waals surface area contributed by atoms with Gasteiger partial charge in [-0.2, -0.15) is 5.26 Å². The fourth-order valence-electron chi connectivity index (χ4n) is 3.68. The number of nitriles is 1. The zero-order valence-electron chi connectivity index (χ0n) is 16.2. The maximum absolute atomic E-state index is 13.5. The third kappa shape index (κ3) is 5.77. The number of carbonyl (C=O) groups is 1. The van der Waals surface area contributed by atoms with Gasteiger partial charge in [0.15, 0.2) is 0 Å². The highest BCUT2D eigenvalue weighted by molar-refractivity contribution is 7.92. The standard InChI is InChI=1S/C18H25FN6O3S/c1-29(27,28)23-15-2-3-17(22-10-15)24-6-4-14(5-7-24)21-11-18(26)25-12-13(19)8-16(25)9-20/h2-3,10,13-14,16,21,23H,4-8,11-12H2,1H3/t13-,16-/m0/s1. The van der Waals surface area contributed by atoms with Crippen LogP contribution in [0, 0.1) is 11.3 Å². The van der Waals surface area contributed by atoms with Crippen LogP contribution in [0.2, 0.25) is 0 Å². The first-order chi connectivity index (χ1) is 13.7. The highest BCUT2D eigenvalue weighted by atomic mass is 32.2. The number of piperidine rings is 1. The third-order valence-corrected chi connectivity index (χ3v) is 5.74. The predicted octanol–water partition coefficient (Wildman–Crippen LogP) is 0.474. The van der Waals surface area contributed by atoms with Crippen molar-refractivity contribution in [2.24, 2.45) is 0 Å². The van der Waals surface area contributed by atoms with Crippen LogP contribution in [-0.4, -0.2) is 74.9 Å². The minimum atomic E-state index is -3.33. The molecule has 1 amide bonds. The van der Waals surface area contributed by atoms with E-state index in [4.69, 9.17) is 5.26 Å². The second kappa shape index (κ2) is 8.92. The van der Waals surface area contributed by atoms with Gasteiger partial charge in [0.05, 0.1) is 37.3 Å². The Kier molecular flexibility index (Phi) is 6.54. The second-order valence-corrected chi connectivity index (χ2v) is 9.19. The van der Waals surface area contributed by atoms with E-state index in [1.807, 2.05) is 6.07 Å². The first-order valence-electron chi connectivity index (χ1n) is 9.50. The summed E-state index contributed by atoms with van der Waals surface area (Å²) in [6, 6.07) is 4.92. The lowest BCUT2D eigenvalue weighted by molar-refractivity contribution is -0.130. The highest BCUT2D eigenvalue weighted by Crippen LogP contribution is 2.21. The molecular formula is C18H25FN6O3S. The molecule has 0 bridgehead atoms. The van der Waals surface area contributed by atoms with Gasteiger partial charge in [-0.1, -0.05) is 0 Å². The number of aromatic nitrogens is 1. The number of alkyl halides is 1. The van der Waals surface area contributed by atoms with E-state index in [1.165, 1.54) is 11.1 Å². The molecule has 2 aliphatic heterocycles. The summed E-state index contributed by atoms with van der Waals surface area (Å²) >= 11 is 0. The average Bonchev–Trinajstić information content (AvgIpc) is 3.07. The molecule has 0 unspecified atom stereocenters. The van der Waals surface area contributed by atoms with Crippen LogP contribution in [0.25, 0.3) is 0 Å². The summed E-state index contributed by atoms with van der Waals surface area (Å²) in [7, 11) is -3.33. The summed E-state index contributed by atoms with van der Waals surface area (Å²) in [6.45, 7) is 1.58. The Balaban J connectivity index is 1.45. The monoisotopic (exact) mass is 424 g/mol. The molecule has 3 heterocycles. The van der Waals surface area contributed by atoms with Gasteiger partial charge in [-0.25, -0.2) is 17.8 Å². The predicted molar refractivity (Wildman–Crippen MR) is 107 cm³/mol. The van der Waals surface area contributed by atoms with Crippen LogP contribution in [0.1, 0.15) is 19.3 Å². The smallest absolute Gasteiger partial charge is 0.237 e. The van der Waals surface area contributed by atoms with Crippen molar-refractivity contribution in [3.63, 3.8) is 0 Å². The molecule has 2 saturated heterocycles. The van der Waals surface area contributed by atoms with Crippen LogP contribution in [0.5, 0.6) is 0 Å². The van der Waals surface area contributed by atoms with Gasteiger partial charge in [0.25, 0.3) is 0 Å². The zero-order chi connectivity index (χ0) is 21.0.